The molecule has 1 aliphatic carbocycles. The number of hydrogen-bond acceptors (Lipinski definition) is 3. The molecule has 0 unspecified atom stereocenters. The Hall–Kier alpha value is -2.04. The van der Waals surface area contributed by atoms with Crippen LogP contribution in [0.25, 0.3) is 0 Å². The van der Waals surface area contributed by atoms with Crippen LogP contribution in [0.3, 0.4) is 0 Å². The monoisotopic (exact) mass is 329 g/mol. The molecule has 1 aliphatic heterocycles. The van der Waals surface area contributed by atoms with Crippen molar-refractivity contribution >= 4 is 23.2 Å². The summed E-state index contributed by atoms with van der Waals surface area (Å²) in [7, 11) is 0. The van der Waals surface area contributed by atoms with Gasteiger partial charge in [0.2, 0.25) is 11.8 Å². The highest BCUT2D eigenvalue weighted by molar-refractivity contribution is 5.98. The molecule has 2 aliphatic rings. The highest BCUT2D eigenvalue weighted by atomic mass is 16.2. The number of rotatable bonds is 5. The first-order valence-electron chi connectivity index (χ1n) is 9.09. The summed E-state index contributed by atoms with van der Waals surface area (Å²) in [5, 5.41) is 2.79. The second-order valence-corrected chi connectivity index (χ2v) is 6.96. The van der Waals surface area contributed by atoms with Crippen LogP contribution in [0.5, 0.6) is 0 Å². The lowest BCUT2D eigenvalue weighted by Crippen LogP contribution is -2.42. The van der Waals surface area contributed by atoms with Crippen LogP contribution in [-0.2, 0) is 16.0 Å². The van der Waals surface area contributed by atoms with Crippen molar-refractivity contribution in [2.45, 2.75) is 51.4 Å². The number of nitrogens with one attached hydrogen (secondary N) is 1. The molecule has 0 radical (unpaired) electrons. The maximum atomic E-state index is 12.5. The lowest BCUT2D eigenvalue weighted by Gasteiger charge is -2.30. The van der Waals surface area contributed by atoms with Gasteiger partial charge in [-0.25, -0.2) is 0 Å². The molecule has 1 aromatic carbocycles. The Bertz CT molecular complexity index is 609. The molecule has 5 nitrogen and oxygen atoms in total. The zero-order chi connectivity index (χ0) is 16.9. The van der Waals surface area contributed by atoms with E-state index in [4.69, 9.17) is 5.73 Å². The third kappa shape index (κ3) is 3.89. The fourth-order valence-corrected chi connectivity index (χ4v) is 3.90. The molecule has 3 N–H and O–H groups in total. The van der Waals surface area contributed by atoms with Gasteiger partial charge >= 0.3 is 0 Å². The average molecular weight is 329 g/mol. The van der Waals surface area contributed by atoms with E-state index in [1.807, 2.05) is 18.2 Å². The topological polar surface area (TPSA) is 75.4 Å². The molecule has 24 heavy (non-hydrogen) atoms. The van der Waals surface area contributed by atoms with E-state index in [2.05, 4.69) is 5.32 Å². The van der Waals surface area contributed by atoms with E-state index in [-0.39, 0.29) is 18.4 Å². The van der Waals surface area contributed by atoms with Crippen molar-refractivity contribution in [1.29, 1.82) is 0 Å². The van der Waals surface area contributed by atoms with Gasteiger partial charge in [-0.15, -0.1) is 0 Å². The van der Waals surface area contributed by atoms with Crippen LogP contribution >= 0.6 is 0 Å². The van der Waals surface area contributed by atoms with Crippen molar-refractivity contribution in [2.75, 3.05) is 23.7 Å². The molecule has 1 fully saturated rings. The van der Waals surface area contributed by atoms with Crippen molar-refractivity contribution in [1.82, 2.24) is 5.32 Å². The Morgan fingerprint density at radius 3 is 2.79 bits per heavy atom. The van der Waals surface area contributed by atoms with Crippen molar-refractivity contribution in [3.05, 3.63) is 23.8 Å². The predicted octanol–water partition coefficient (Wildman–Crippen LogP) is 2.63. The summed E-state index contributed by atoms with van der Waals surface area (Å²) in [6.07, 6.45) is 8.37. The summed E-state index contributed by atoms with van der Waals surface area (Å²) in [5.74, 6) is 0.624. The summed E-state index contributed by atoms with van der Waals surface area (Å²) in [4.78, 5) is 26.2. The number of nitrogens with zero attached hydrogens (tertiary/aromatic N) is 1. The summed E-state index contributed by atoms with van der Waals surface area (Å²) in [6, 6.07) is 5.68. The third-order valence-electron chi connectivity index (χ3n) is 5.28. The van der Waals surface area contributed by atoms with Gasteiger partial charge in [0.25, 0.3) is 0 Å². The first-order valence-corrected chi connectivity index (χ1v) is 9.09. The van der Waals surface area contributed by atoms with Gasteiger partial charge in [-0.2, -0.15) is 0 Å². The Morgan fingerprint density at radius 1 is 1.21 bits per heavy atom. The maximum absolute atomic E-state index is 12.5. The van der Waals surface area contributed by atoms with Crippen molar-refractivity contribution in [2.24, 2.45) is 5.92 Å². The fraction of sp³-hybridized carbons (Fsp3) is 0.579. The zero-order valence-corrected chi connectivity index (χ0v) is 14.2. The molecule has 2 amide bonds. The number of hydrogen-bond donors (Lipinski definition) is 2. The molecule has 1 saturated carbocycles. The highest BCUT2D eigenvalue weighted by Gasteiger charge is 2.24. The van der Waals surface area contributed by atoms with Crippen molar-refractivity contribution in [3.63, 3.8) is 0 Å². The second-order valence-electron chi connectivity index (χ2n) is 6.96. The van der Waals surface area contributed by atoms with E-state index < -0.39 is 0 Å². The van der Waals surface area contributed by atoms with Gasteiger partial charge in [-0.1, -0.05) is 31.7 Å². The van der Waals surface area contributed by atoms with E-state index >= 15 is 0 Å². The molecular weight excluding hydrogens is 302 g/mol. The van der Waals surface area contributed by atoms with Gasteiger partial charge in [0.15, 0.2) is 0 Å². The van der Waals surface area contributed by atoms with Crippen LogP contribution in [0.2, 0.25) is 0 Å². The minimum Gasteiger partial charge on any atom is -0.398 e. The van der Waals surface area contributed by atoms with Crippen molar-refractivity contribution < 1.29 is 9.59 Å². The third-order valence-corrected chi connectivity index (χ3v) is 5.28. The Balaban J connectivity index is 1.50. The predicted molar refractivity (Wildman–Crippen MR) is 95.7 cm³/mol. The van der Waals surface area contributed by atoms with Gasteiger partial charge in [-0.05, 0) is 42.9 Å². The molecule has 0 saturated heterocycles. The Morgan fingerprint density at radius 2 is 2.00 bits per heavy atom. The van der Waals surface area contributed by atoms with Crippen LogP contribution < -0.4 is 16.0 Å². The minimum atomic E-state index is -0.0595. The lowest BCUT2D eigenvalue weighted by atomic mass is 10.00. The van der Waals surface area contributed by atoms with Crippen molar-refractivity contribution in [3.8, 4) is 0 Å². The number of anilines is 2. The van der Waals surface area contributed by atoms with Crippen LogP contribution in [0.1, 0.15) is 50.5 Å². The fourth-order valence-electron chi connectivity index (χ4n) is 3.90. The summed E-state index contributed by atoms with van der Waals surface area (Å²) >= 11 is 0. The molecule has 0 spiro atoms. The summed E-state index contributed by atoms with van der Waals surface area (Å²) < 4.78 is 0. The number of nitrogen functional groups attached to an aromatic ring is 1. The molecular formula is C19H27N3O2. The number of carbonyl (C=O) groups is 2. The maximum Gasteiger partial charge on any atom is 0.246 e. The number of amides is 2. The number of benzene rings is 1. The first kappa shape index (κ1) is 16.8. The first-order chi connectivity index (χ1) is 11.6. The zero-order valence-electron chi connectivity index (χ0n) is 14.2. The highest BCUT2D eigenvalue weighted by Crippen LogP contribution is 2.31. The van der Waals surface area contributed by atoms with E-state index in [0.29, 0.717) is 18.9 Å². The van der Waals surface area contributed by atoms with E-state index in [1.54, 1.807) is 4.90 Å². The molecule has 3 rings (SSSR count). The second kappa shape index (κ2) is 7.69. The van der Waals surface area contributed by atoms with Gasteiger partial charge in [-0.3, -0.25) is 9.59 Å². The molecule has 1 heterocycles. The number of fused-ring (bicyclic) bond motifs is 1. The van der Waals surface area contributed by atoms with Gasteiger partial charge < -0.3 is 16.0 Å². The molecule has 130 valence electrons. The van der Waals surface area contributed by atoms with Crippen LogP contribution in [0.15, 0.2) is 18.2 Å². The number of nitrogens with two attached hydrogens (primary N) is 1. The number of carbonyl (C=O) groups excluding carboxylic acids is 2. The average Bonchev–Trinajstić information content (AvgIpc) is 3.11. The van der Waals surface area contributed by atoms with E-state index in [9.17, 15) is 9.59 Å². The van der Waals surface area contributed by atoms with Crippen LogP contribution in [0, 0.1) is 5.92 Å². The van der Waals surface area contributed by atoms with Crippen LogP contribution in [0.4, 0.5) is 11.4 Å². The van der Waals surface area contributed by atoms with E-state index in [0.717, 1.165) is 36.2 Å². The minimum absolute atomic E-state index is 0.0138. The van der Waals surface area contributed by atoms with Gasteiger partial charge in [0, 0.05) is 24.3 Å². The lowest BCUT2D eigenvalue weighted by molar-refractivity contribution is -0.125. The van der Waals surface area contributed by atoms with Gasteiger partial charge in [0.05, 0.1) is 6.54 Å². The summed E-state index contributed by atoms with van der Waals surface area (Å²) in [6.45, 7) is 0.755. The standard InChI is InChI=1S/C19H27N3O2/c20-16-8-3-9-17-15(16)7-4-12-22(17)19(24)13-21-18(23)11-10-14-5-1-2-6-14/h3,8-9,14H,1-2,4-7,10-13,20H2,(H,21,23). The molecule has 0 bridgehead atoms. The van der Waals surface area contributed by atoms with E-state index in [1.165, 1.54) is 25.7 Å². The van der Waals surface area contributed by atoms with Crippen LogP contribution in [-0.4, -0.2) is 24.9 Å². The largest absolute Gasteiger partial charge is 0.398 e. The normalized spacial score (nSPS) is 17.6. The quantitative estimate of drug-likeness (QED) is 0.816. The SMILES string of the molecule is Nc1cccc2c1CCCN2C(=O)CNC(=O)CCC1CCCC1. The molecule has 5 heteroatoms. The smallest absolute Gasteiger partial charge is 0.246 e. The molecule has 0 aromatic heterocycles. The Kier molecular flexibility index (Phi) is 5.38. The molecule has 1 aromatic rings. The summed E-state index contributed by atoms with van der Waals surface area (Å²) in [5.41, 5.74) is 8.70. The van der Waals surface area contributed by atoms with Gasteiger partial charge in [0.1, 0.15) is 0 Å². The molecule has 0 atom stereocenters. The Labute approximate surface area is 143 Å².